The molecular formula is C20H22Cl2N2O2. The van der Waals surface area contributed by atoms with E-state index in [-0.39, 0.29) is 17.7 Å². The second-order valence-corrected chi connectivity index (χ2v) is 8.04. The van der Waals surface area contributed by atoms with Crippen LogP contribution in [0.25, 0.3) is 0 Å². The summed E-state index contributed by atoms with van der Waals surface area (Å²) in [6.07, 6.45) is 0.192. The monoisotopic (exact) mass is 392 g/mol. The van der Waals surface area contributed by atoms with Crippen LogP contribution in [0, 0.1) is 0 Å². The van der Waals surface area contributed by atoms with E-state index in [9.17, 15) is 9.59 Å². The molecular weight excluding hydrogens is 371 g/mol. The Morgan fingerprint density at radius 1 is 1.08 bits per heavy atom. The number of nitrogens with one attached hydrogen (secondary N) is 1. The molecule has 6 heteroatoms. The number of carbonyl (C=O) groups is 2. The number of hydrogen-bond donors (Lipinski definition) is 2. The summed E-state index contributed by atoms with van der Waals surface area (Å²) in [7, 11) is 0. The topological polar surface area (TPSA) is 72.2 Å². The van der Waals surface area contributed by atoms with Gasteiger partial charge >= 0.3 is 0 Å². The zero-order chi connectivity index (χ0) is 19.5. The number of primary amides is 1. The van der Waals surface area contributed by atoms with Crippen LogP contribution in [0.5, 0.6) is 0 Å². The highest BCUT2D eigenvalue weighted by Gasteiger charge is 2.21. The third kappa shape index (κ3) is 5.23. The Hall–Kier alpha value is -2.04. The maximum Gasteiger partial charge on any atom is 0.251 e. The fourth-order valence-corrected chi connectivity index (χ4v) is 2.98. The van der Waals surface area contributed by atoms with Crippen molar-refractivity contribution in [2.45, 2.75) is 38.6 Å². The van der Waals surface area contributed by atoms with Crippen LogP contribution >= 0.6 is 23.2 Å². The van der Waals surface area contributed by atoms with Crippen molar-refractivity contribution in [1.29, 1.82) is 0 Å². The van der Waals surface area contributed by atoms with Gasteiger partial charge in [-0.15, -0.1) is 0 Å². The first-order valence-corrected chi connectivity index (χ1v) is 8.98. The minimum Gasteiger partial charge on any atom is -0.368 e. The van der Waals surface area contributed by atoms with Crippen LogP contribution in [0.2, 0.25) is 10.0 Å². The Balaban J connectivity index is 2.14. The first-order chi connectivity index (χ1) is 12.1. The van der Waals surface area contributed by atoms with Gasteiger partial charge in [0.25, 0.3) is 5.91 Å². The predicted molar refractivity (Wildman–Crippen MR) is 106 cm³/mol. The molecule has 0 radical (unpaired) electrons. The standard InChI is InChI=1S/C20H22Cl2N2O2/c1-20(2,3)14-7-4-12(5-8-14)19(26)24-17(18(23)25)10-13-6-9-15(21)11-16(13)22/h4-9,11,17H,10H2,1-3H3,(H2,23,25)(H,24,26)/t17-/m1/s1. The summed E-state index contributed by atoms with van der Waals surface area (Å²) in [5, 5.41) is 3.60. The third-order valence-corrected chi connectivity index (χ3v) is 4.69. The molecule has 0 aromatic heterocycles. The minimum absolute atomic E-state index is 0.00387. The number of benzene rings is 2. The molecule has 0 spiro atoms. The second-order valence-electron chi connectivity index (χ2n) is 7.20. The summed E-state index contributed by atoms with van der Waals surface area (Å²) in [5.41, 5.74) is 7.71. The van der Waals surface area contributed by atoms with E-state index in [2.05, 4.69) is 26.1 Å². The van der Waals surface area contributed by atoms with E-state index in [0.717, 1.165) is 5.56 Å². The van der Waals surface area contributed by atoms with Gasteiger partial charge in [0.1, 0.15) is 6.04 Å². The molecule has 1 atom stereocenters. The molecule has 0 aliphatic heterocycles. The Morgan fingerprint density at radius 2 is 1.69 bits per heavy atom. The van der Waals surface area contributed by atoms with Crippen LogP contribution in [-0.4, -0.2) is 17.9 Å². The molecule has 0 aliphatic rings. The van der Waals surface area contributed by atoms with Gasteiger partial charge in [0.15, 0.2) is 0 Å². The van der Waals surface area contributed by atoms with Gasteiger partial charge in [0.05, 0.1) is 0 Å². The summed E-state index contributed by atoms with van der Waals surface area (Å²) >= 11 is 12.0. The number of amides is 2. The van der Waals surface area contributed by atoms with E-state index >= 15 is 0 Å². The first-order valence-electron chi connectivity index (χ1n) is 8.22. The van der Waals surface area contributed by atoms with E-state index in [0.29, 0.717) is 21.2 Å². The van der Waals surface area contributed by atoms with Crippen molar-refractivity contribution in [2.75, 3.05) is 0 Å². The smallest absolute Gasteiger partial charge is 0.251 e. The Kier molecular flexibility index (Phi) is 6.32. The maximum atomic E-state index is 12.5. The van der Waals surface area contributed by atoms with Crippen molar-refractivity contribution in [3.63, 3.8) is 0 Å². The molecule has 0 bridgehead atoms. The van der Waals surface area contributed by atoms with Crippen molar-refractivity contribution < 1.29 is 9.59 Å². The number of halogens is 2. The van der Waals surface area contributed by atoms with Gasteiger partial charge in [-0.05, 0) is 40.8 Å². The Bertz CT molecular complexity index is 812. The number of rotatable bonds is 5. The molecule has 26 heavy (non-hydrogen) atoms. The lowest BCUT2D eigenvalue weighted by Crippen LogP contribution is -2.45. The second kappa shape index (κ2) is 8.11. The molecule has 2 aromatic rings. The quantitative estimate of drug-likeness (QED) is 0.802. The van der Waals surface area contributed by atoms with Gasteiger partial charge in [-0.3, -0.25) is 9.59 Å². The van der Waals surface area contributed by atoms with E-state index in [1.54, 1.807) is 30.3 Å². The lowest BCUT2D eigenvalue weighted by molar-refractivity contribution is -0.119. The summed E-state index contributed by atoms with van der Waals surface area (Å²) in [6.45, 7) is 6.29. The van der Waals surface area contributed by atoms with E-state index < -0.39 is 11.9 Å². The van der Waals surface area contributed by atoms with Crippen molar-refractivity contribution in [3.05, 3.63) is 69.2 Å². The van der Waals surface area contributed by atoms with Crippen LogP contribution < -0.4 is 11.1 Å². The number of hydrogen-bond acceptors (Lipinski definition) is 2. The van der Waals surface area contributed by atoms with Gasteiger partial charge in [-0.25, -0.2) is 0 Å². The lowest BCUT2D eigenvalue weighted by Gasteiger charge is -2.20. The molecule has 2 amide bonds. The molecule has 0 saturated heterocycles. The molecule has 3 N–H and O–H groups in total. The third-order valence-electron chi connectivity index (χ3n) is 4.10. The van der Waals surface area contributed by atoms with Crippen molar-refractivity contribution in [3.8, 4) is 0 Å². The SMILES string of the molecule is CC(C)(C)c1ccc(C(=O)N[C@H](Cc2ccc(Cl)cc2Cl)C(N)=O)cc1. The van der Waals surface area contributed by atoms with Crippen molar-refractivity contribution >= 4 is 35.0 Å². The zero-order valence-corrected chi connectivity index (χ0v) is 16.5. The Morgan fingerprint density at radius 3 is 2.19 bits per heavy atom. The highest BCUT2D eigenvalue weighted by Crippen LogP contribution is 2.23. The molecule has 4 nitrogen and oxygen atoms in total. The van der Waals surface area contributed by atoms with Crippen LogP contribution in [0.3, 0.4) is 0 Å². The number of nitrogens with two attached hydrogens (primary N) is 1. The highest BCUT2D eigenvalue weighted by atomic mass is 35.5. The van der Waals surface area contributed by atoms with Crippen molar-refractivity contribution in [1.82, 2.24) is 5.32 Å². The molecule has 138 valence electrons. The summed E-state index contributed by atoms with van der Waals surface area (Å²) < 4.78 is 0. The van der Waals surface area contributed by atoms with Crippen LogP contribution in [0.1, 0.15) is 42.3 Å². The fraction of sp³-hybridized carbons (Fsp3) is 0.300. The predicted octanol–water partition coefficient (Wildman–Crippen LogP) is 4.12. The average molecular weight is 393 g/mol. The van der Waals surface area contributed by atoms with Gasteiger partial charge in [-0.2, -0.15) is 0 Å². The summed E-state index contributed by atoms with van der Waals surface area (Å²) in [4.78, 5) is 24.2. The van der Waals surface area contributed by atoms with Gasteiger partial charge in [0, 0.05) is 22.0 Å². The molecule has 0 heterocycles. The molecule has 2 aromatic carbocycles. The molecule has 0 saturated carbocycles. The largest absolute Gasteiger partial charge is 0.368 e. The average Bonchev–Trinajstić information content (AvgIpc) is 2.55. The molecule has 2 rings (SSSR count). The summed E-state index contributed by atoms with van der Waals surface area (Å²) in [6, 6.07) is 11.4. The minimum atomic E-state index is -0.872. The van der Waals surface area contributed by atoms with E-state index in [1.807, 2.05) is 12.1 Å². The molecule has 0 fully saturated rings. The van der Waals surface area contributed by atoms with Crippen LogP contribution in [-0.2, 0) is 16.6 Å². The first kappa shape index (κ1) is 20.3. The van der Waals surface area contributed by atoms with Gasteiger partial charge < -0.3 is 11.1 Å². The normalized spacial score (nSPS) is 12.5. The van der Waals surface area contributed by atoms with Gasteiger partial charge in [0.2, 0.25) is 5.91 Å². The van der Waals surface area contributed by atoms with E-state index in [4.69, 9.17) is 28.9 Å². The van der Waals surface area contributed by atoms with Crippen LogP contribution in [0.4, 0.5) is 0 Å². The van der Waals surface area contributed by atoms with Gasteiger partial charge in [-0.1, -0.05) is 62.2 Å². The Labute approximate surface area is 163 Å². The molecule has 0 unspecified atom stereocenters. The lowest BCUT2D eigenvalue weighted by atomic mass is 9.86. The van der Waals surface area contributed by atoms with Crippen LogP contribution in [0.15, 0.2) is 42.5 Å². The fourth-order valence-electron chi connectivity index (χ4n) is 2.49. The summed E-state index contributed by atoms with van der Waals surface area (Å²) in [5.74, 6) is -0.991. The van der Waals surface area contributed by atoms with Crippen molar-refractivity contribution in [2.24, 2.45) is 5.73 Å². The zero-order valence-electron chi connectivity index (χ0n) is 15.0. The molecule has 0 aliphatic carbocycles. The maximum absolute atomic E-state index is 12.5. The highest BCUT2D eigenvalue weighted by molar-refractivity contribution is 6.35. The van der Waals surface area contributed by atoms with E-state index in [1.165, 1.54) is 0 Å². The number of carbonyl (C=O) groups excluding carboxylic acids is 2.